The Hall–Kier alpha value is -1.54. The molecule has 2 rings (SSSR count). The molecular weight excluding hydrogens is 239 g/mol. The summed E-state index contributed by atoms with van der Waals surface area (Å²) in [6.07, 6.45) is 0.469. The zero-order valence-electron chi connectivity index (χ0n) is 9.41. The number of halogens is 2. The molecule has 0 atom stereocenters. The van der Waals surface area contributed by atoms with Crippen LogP contribution in [0.15, 0.2) is 42.5 Å². The lowest BCUT2D eigenvalue weighted by molar-refractivity contribution is 0.405. The lowest BCUT2D eigenvalue weighted by atomic mass is 10.0. The van der Waals surface area contributed by atoms with E-state index in [1.807, 2.05) is 18.2 Å². The van der Waals surface area contributed by atoms with Gasteiger partial charge in [0.25, 0.3) is 0 Å². The summed E-state index contributed by atoms with van der Waals surface area (Å²) in [6, 6.07) is 12.2. The molecule has 0 spiro atoms. The Balaban J connectivity index is 2.35. The first-order valence-electron chi connectivity index (χ1n) is 5.26. The molecule has 88 valence electrons. The fourth-order valence-corrected chi connectivity index (χ4v) is 1.97. The molecule has 17 heavy (non-hydrogen) atoms. The molecule has 1 nitrogen and oxygen atoms in total. The summed E-state index contributed by atoms with van der Waals surface area (Å²) < 4.78 is 18.9. The maximum Gasteiger partial charge on any atom is 0.130 e. The molecule has 0 amide bonds. The summed E-state index contributed by atoms with van der Waals surface area (Å²) in [5.41, 5.74) is 1.51. The van der Waals surface area contributed by atoms with E-state index in [2.05, 4.69) is 0 Å². The minimum atomic E-state index is -0.260. The van der Waals surface area contributed by atoms with Crippen LogP contribution < -0.4 is 4.74 Å². The minimum absolute atomic E-state index is 0.260. The van der Waals surface area contributed by atoms with Gasteiger partial charge < -0.3 is 4.74 Å². The van der Waals surface area contributed by atoms with Crippen molar-refractivity contribution in [1.82, 2.24) is 0 Å². The fourth-order valence-electron chi connectivity index (χ4n) is 1.75. The van der Waals surface area contributed by atoms with Crippen molar-refractivity contribution in [3.63, 3.8) is 0 Å². The highest BCUT2D eigenvalue weighted by Crippen LogP contribution is 2.25. The van der Waals surface area contributed by atoms with E-state index in [1.54, 1.807) is 18.2 Å². The topological polar surface area (TPSA) is 9.23 Å². The molecule has 0 bridgehead atoms. The summed E-state index contributed by atoms with van der Waals surface area (Å²) in [5, 5.41) is 0.651. The molecule has 3 heteroatoms. The molecule has 2 aromatic rings. The van der Waals surface area contributed by atoms with Gasteiger partial charge in [-0.05, 0) is 29.8 Å². The molecule has 0 aliphatic carbocycles. The summed E-state index contributed by atoms with van der Waals surface area (Å²) in [7, 11) is 1.54. The first-order valence-corrected chi connectivity index (χ1v) is 5.64. The molecule has 0 radical (unpaired) electrons. The second kappa shape index (κ2) is 5.19. The average molecular weight is 251 g/mol. The summed E-state index contributed by atoms with van der Waals surface area (Å²) >= 11 is 5.90. The van der Waals surface area contributed by atoms with E-state index in [-0.39, 0.29) is 5.82 Å². The van der Waals surface area contributed by atoms with Crippen molar-refractivity contribution in [1.29, 1.82) is 0 Å². The Bertz CT molecular complexity index is 525. The van der Waals surface area contributed by atoms with Crippen LogP contribution in [0.5, 0.6) is 5.75 Å². The van der Waals surface area contributed by atoms with Crippen molar-refractivity contribution in [2.75, 3.05) is 7.11 Å². The summed E-state index contributed by atoms with van der Waals surface area (Å²) in [5.74, 6) is 0.300. The maximum atomic E-state index is 13.7. The predicted molar refractivity (Wildman–Crippen MR) is 67.2 cm³/mol. The molecule has 0 unspecified atom stereocenters. The van der Waals surface area contributed by atoms with Crippen LogP contribution in [0.25, 0.3) is 0 Å². The number of methoxy groups -OCH3 is 1. The van der Waals surface area contributed by atoms with Crippen LogP contribution in [0.2, 0.25) is 5.02 Å². The Morgan fingerprint density at radius 2 is 1.94 bits per heavy atom. The van der Waals surface area contributed by atoms with Crippen LogP contribution in [-0.4, -0.2) is 7.11 Å². The fraction of sp³-hybridized carbons (Fsp3) is 0.143. The largest absolute Gasteiger partial charge is 0.496 e. The van der Waals surface area contributed by atoms with E-state index in [1.165, 1.54) is 13.2 Å². The highest BCUT2D eigenvalue weighted by atomic mass is 35.5. The Kier molecular flexibility index (Phi) is 3.64. The van der Waals surface area contributed by atoms with Gasteiger partial charge in [-0.15, -0.1) is 0 Å². The van der Waals surface area contributed by atoms with E-state index < -0.39 is 0 Å². The van der Waals surface area contributed by atoms with Crippen molar-refractivity contribution in [2.24, 2.45) is 0 Å². The van der Waals surface area contributed by atoms with Gasteiger partial charge in [0.2, 0.25) is 0 Å². The monoisotopic (exact) mass is 250 g/mol. The third-order valence-electron chi connectivity index (χ3n) is 2.57. The molecular formula is C14H12ClFO. The molecule has 0 N–H and O–H groups in total. The molecule has 0 aliphatic rings. The van der Waals surface area contributed by atoms with Crippen molar-refractivity contribution >= 4 is 11.6 Å². The van der Waals surface area contributed by atoms with Crippen LogP contribution in [0.4, 0.5) is 4.39 Å². The van der Waals surface area contributed by atoms with Crippen molar-refractivity contribution in [2.45, 2.75) is 6.42 Å². The maximum absolute atomic E-state index is 13.7. The zero-order chi connectivity index (χ0) is 12.3. The predicted octanol–water partition coefficient (Wildman–Crippen LogP) is 4.08. The second-order valence-corrected chi connectivity index (χ2v) is 4.16. The number of ether oxygens (including phenoxy) is 1. The lowest BCUT2D eigenvalue weighted by Gasteiger charge is -2.09. The molecule has 2 aromatic carbocycles. The van der Waals surface area contributed by atoms with Crippen LogP contribution in [0.3, 0.4) is 0 Å². The van der Waals surface area contributed by atoms with Gasteiger partial charge in [0.05, 0.1) is 7.11 Å². The standard InChI is InChI=1S/C14H12ClFO/c1-17-14-7-3-6-13(16)12(14)9-10-4-2-5-11(15)8-10/h2-8H,9H2,1H3. The van der Waals surface area contributed by atoms with Crippen LogP contribution in [0.1, 0.15) is 11.1 Å². The van der Waals surface area contributed by atoms with Gasteiger partial charge in [-0.25, -0.2) is 4.39 Å². The summed E-state index contributed by atoms with van der Waals surface area (Å²) in [6.45, 7) is 0. The lowest BCUT2D eigenvalue weighted by Crippen LogP contribution is -1.97. The van der Waals surface area contributed by atoms with Crippen LogP contribution in [0, 0.1) is 5.82 Å². The Morgan fingerprint density at radius 1 is 1.18 bits per heavy atom. The summed E-state index contributed by atoms with van der Waals surface area (Å²) in [4.78, 5) is 0. The zero-order valence-corrected chi connectivity index (χ0v) is 10.2. The SMILES string of the molecule is COc1cccc(F)c1Cc1cccc(Cl)c1. The smallest absolute Gasteiger partial charge is 0.130 e. The molecule has 0 aliphatic heterocycles. The van der Waals surface area contributed by atoms with E-state index >= 15 is 0 Å². The molecule has 0 saturated heterocycles. The van der Waals surface area contributed by atoms with Gasteiger partial charge in [-0.3, -0.25) is 0 Å². The quantitative estimate of drug-likeness (QED) is 0.798. The highest BCUT2D eigenvalue weighted by molar-refractivity contribution is 6.30. The molecule has 0 fully saturated rings. The number of hydrogen-bond donors (Lipinski definition) is 0. The van der Waals surface area contributed by atoms with Gasteiger partial charge in [0.1, 0.15) is 11.6 Å². The number of rotatable bonds is 3. The van der Waals surface area contributed by atoms with E-state index in [0.717, 1.165) is 5.56 Å². The third-order valence-corrected chi connectivity index (χ3v) is 2.80. The first-order chi connectivity index (χ1) is 8.20. The second-order valence-electron chi connectivity index (χ2n) is 3.73. The average Bonchev–Trinajstić information content (AvgIpc) is 2.32. The van der Waals surface area contributed by atoms with E-state index in [0.29, 0.717) is 22.8 Å². The van der Waals surface area contributed by atoms with E-state index in [4.69, 9.17) is 16.3 Å². The Labute approximate surface area is 105 Å². The number of hydrogen-bond acceptors (Lipinski definition) is 1. The molecule has 0 heterocycles. The molecule has 0 saturated carbocycles. The van der Waals surface area contributed by atoms with E-state index in [9.17, 15) is 4.39 Å². The Morgan fingerprint density at radius 3 is 2.65 bits per heavy atom. The van der Waals surface area contributed by atoms with Crippen molar-refractivity contribution in [3.05, 3.63) is 64.4 Å². The third kappa shape index (κ3) is 2.77. The molecule has 0 aromatic heterocycles. The normalized spacial score (nSPS) is 10.3. The van der Waals surface area contributed by atoms with Gasteiger partial charge in [-0.2, -0.15) is 0 Å². The number of benzene rings is 2. The van der Waals surface area contributed by atoms with Crippen LogP contribution in [-0.2, 0) is 6.42 Å². The van der Waals surface area contributed by atoms with Gasteiger partial charge in [-0.1, -0.05) is 29.8 Å². The van der Waals surface area contributed by atoms with Gasteiger partial charge in [0, 0.05) is 17.0 Å². The van der Waals surface area contributed by atoms with Gasteiger partial charge >= 0.3 is 0 Å². The van der Waals surface area contributed by atoms with Crippen LogP contribution >= 0.6 is 11.6 Å². The minimum Gasteiger partial charge on any atom is -0.496 e. The van der Waals surface area contributed by atoms with Crippen molar-refractivity contribution < 1.29 is 9.13 Å². The van der Waals surface area contributed by atoms with Gasteiger partial charge in [0.15, 0.2) is 0 Å². The first kappa shape index (κ1) is 11.9. The highest BCUT2D eigenvalue weighted by Gasteiger charge is 2.09. The van der Waals surface area contributed by atoms with Crippen molar-refractivity contribution in [3.8, 4) is 5.75 Å².